The number of aryl methyl sites for hydroxylation is 1. The number of aromatic nitrogens is 2. The fourth-order valence-corrected chi connectivity index (χ4v) is 4.56. The summed E-state index contributed by atoms with van der Waals surface area (Å²) in [6.45, 7) is 4.57. The molecule has 1 atom stereocenters. The Kier molecular flexibility index (Phi) is 5.79. The average Bonchev–Trinajstić information content (AvgIpc) is 3.13. The molecular formula is C22H21F3N4OS. The quantitative estimate of drug-likeness (QED) is 0.519. The lowest BCUT2D eigenvalue weighted by atomic mass is 9.92. The fourth-order valence-electron chi connectivity index (χ4n) is 3.90. The lowest BCUT2D eigenvalue weighted by molar-refractivity contribution is -0.137. The largest absolute Gasteiger partial charge is 0.416 e. The summed E-state index contributed by atoms with van der Waals surface area (Å²) in [5.74, 6) is 1.06. The molecule has 0 spiro atoms. The average molecular weight is 446 g/mol. The summed E-state index contributed by atoms with van der Waals surface area (Å²) in [7, 11) is 0. The molecule has 1 aliphatic rings. The number of amides is 1. The number of halogens is 3. The molecule has 2 aromatic carbocycles. The number of nitrogens with one attached hydrogen (secondary N) is 1. The minimum Gasteiger partial charge on any atom is -0.324 e. The van der Waals surface area contributed by atoms with Gasteiger partial charge in [-0.3, -0.25) is 4.79 Å². The van der Waals surface area contributed by atoms with Gasteiger partial charge in [-0.2, -0.15) is 18.3 Å². The summed E-state index contributed by atoms with van der Waals surface area (Å²) in [4.78, 5) is 16.1. The number of hydrazone groups is 1. The van der Waals surface area contributed by atoms with Gasteiger partial charge >= 0.3 is 6.18 Å². The van der Waals surface area contributed by atoms with E-state index in [-0.39, 0.29) is 11.2 Å². The van der Waals surface area contributed by atoms with Gasteiger partial charge in [0.15, 0.2) is 0 Å². The van der Waals surface area contributed by atoms with Crippen LogP contribution in [0.25, 0.3) is 22.4 Å². The fraction of sp³-hybridized carbons (Fsp3) is 0.318. The number of nitrogens with zero attached hydrogens (tertiary/aromatic N) is 3. The molecule has 3 aromatic rings. The number of imidazole rings is 1. The lowest BCUT2D eigenvalue weighted by Gasteiger charge is -2.20. The third kappa shape index (κ3) is 4.19. The van der Waals surface area contributed by atoms with Crippen molar-refractivity contribution in [2.45, 2.75) is 38.9 Å². The number of alkyl halides is 3. The van der Waals surface area contributed by atoms with Crippen LogP contribution in [-0.2, 0) is 12.7 Å². The van der Waals surface area contributed by atoms with Gasteiger partial charge in [-0.25, -0.2) is 10.4 Å². The number of carbonyl (C=O) groups is 1. The van der Waals surface area contributed by atoms with Crippen molar-refractivity contribution < 1.29 is 18.0 Å². The summed E-state index contributed by atoms with van der Waals surface area (Å²) >= 11 is 1.19. The molecule has 1 amide bonds. The zero-order valence-electron chi connectivity index (χ0n) is 17.0. The predicted molar refractivity (Wildman–Crippen MR) is 117 cm³/mol. The summed E-state index contributed by atoms with van der Waals surface area (Å²) in [6.07, 6.45) is -3.61. The number of rotatable bonds is 5. The maximum absolute atomic E-state index is 13.2. The predicted octanol–water partition coefficient (Wildman–Crippen LogP) is 6.05. The zero-order chi connectivity index (χ0) is 22.2. The van der Waals surface area contributed by atoms with Gasteiger partial charge in [-0.1, -0.05) is 36.9 Å². The molecule has 1 unspecified atom stereocenters. The SMILES string of the molecule is CCC(C1=NNC(=O)SC1)c1ccc2c(c1)nc(-c1cccc(C(F)(F)F)c1)n2CC. The molecule has 31 heavy (non-hydrogen) atoms. The zero-order valence-corrected chi connectivity index (χ0v) is 17.8. The Morgan fingerprint density at radius 3 is 2.65 bits per heavy atom. The van der Waals surface area contributed by atoms with E-state index in [1.165, 1.54) is 17.8 Å². The molecule has 1 aromatic heterocycles. The van der Waals surface area contributed by atoms with Gasteiger partial charge in [0.05, 0.1) is 22.3 Å². The van der Waals surface area contributed by atoms with Crippen molar-refractivity contribution in [1.82, 2.24) is 15.0 Å². The van der Waals surface area contributed by atoms with Crippen LogP contribution in [0, 0.1) is 0 Å². The first kappa shape index (κ1) is 21.4. The summed E-state index contributed by atoms with van der Waals surface area (Å²) in [6, 6.07) is 11.2. The Labute approximate surface area is 181 Å². The second-order valence-electron chi connectivity index (χ2n) is 7.26. The molecule has 0 radical (unpaired) electrons. The van der Waals surface area contributed by atoms with Crippen LogP contribution in [0.3, 0.4) is 0 Å². The van der Waals surface area contributed by atoms with Crippen molar-refractivity contribution in [3.8, 4) is 11.4 Å². The maximum Gasteiger partial charge on any atom is 0.416 e. The lowest BCUT2D eigenvalue weighted by Crippen LogP contribution is -2.27. The van der Waals surface area contributed by atoms with E-state index in [9.17, 15) is 18.0 Å². The monoisotopic (exact) mass is 446 g/mol. The van der Waals surface area contributed by atoms with E-state index in [1.807, 2.05) is 29.7 Å². The van der Waals surface area contributed by atoms with Gasteiger partial charge in [-0.15, -0.1) is 0 Å². The molecule has 5 nitrogen and oxygen atoms in total. The van der Waals surface area contributed by atoms with E-state index in [0.29, 0.717) is 23.7 Å². The van der Waals surface area contributed by atoms with Crippen LogP contribution >= 0.6 is 11.8 Å². The molecule has 1 aliphatic heterocycles. The van der Waals surface area contributed by atoms with Crippen molar-refractivity contribution in [2.24, 2.45) is 5.10 Å². The molecule has 162 valence electrons. The molecule has 1 N–H and O–H groups in total. The van der Waals surface area contributed by atoms with E-state index in [1.54, 1.807) is 6.07 Å². The normalized spacial score (nSPS) is 15.6. The molecule has 9 heteroatoms. The smallest absolute Gasteiger partial charge is 0.324 e. The molecule has 4 rings (SSSR count). The third-order valence-electron chi connectivity index (χ3n) is 5.39. The van der Waals surface area contributed by atoms with Crippen molar-refractivity contribution in [3.05, 3.63) is 53.6 Å². The summed E-state index contributed by atoms with van der Waals surface area (Å²) in [5.41, 5.74) is 5.74. The van der Waals surface area contributed by atoms with Gasteiger partial charge in [0.25, 0.3) is 5.24 Å². The Hall–Kier alpha value is -2.81. The van der Waals surface area contributed by atoms with Crippen molar-refractivity contribution in [2.75, 3.05) is 5.75 Å². The molecule has 2 heterocycles. The highest BCUT2D eigenvalue weighted by Gasteiger charge is 2.31. The van der Waals surface area contributed by atoms with E-state index in [2.05, 4.69) is 17.5 Å². The van der Waals surface area contributed by atoms with Gasteiger partial charge in [0, 0.05) is 23.8 Å². The number of carbonyl (C=O) groups excluding carboxylic acids is 1. The second kappa shape index (κ2) is 8.37. The topological polar surface area (TPSA) is 59.3 Å². The van der Waals surface area contributed by atoms with Crippen LogP contribution in [0.5, 0.6) is 0 Å². The first-order chi connectivity index (χ1) is 14.8. The van der Waals surface area contributed by atoms with E-state index in [0.717, 1.165) is 40.9 Å². The van der Waals surface area contributed by atoms with Gasteiger partial charge in [-0.05, 0) is 43.2 Å². The standard InChI is InChI=1S/C22H21F3N4OS/c1-3-16(18-12-31-21(30)28-27-18)13-8-9-19-17(11-13)26-20(29(19)4-2)14-6-5-7-15(10-14)22(23,24)25/h5-11,16H,3-4,12H2,1-2H3,(H,28,30). The van der Waals surface area contributed by atoms with Crippen molar-refractivity contribution in [1.29, 1.82) is 0 Å². The Balaban J connectivity index is 1.77. The Bertz CT molecular complexity index is 1170. The van der Waals surface area contributed by atoms with E-state index >= 15 is 0 Å². The van der Waals surface area contributed by atoms with Crippen molar-refractivity contribution in [3.63, 3.8) is 0 Å². The number of benzene rings is 2. The Morgan fingerprint density at radius 1 is 1.19 bits per heavy atom. The highest BCUT2D eigenvalue weighted by molar-refractivity contribution is 8.14. The van der Waals surface area contributed by atoms with Crippen LogP contribution in [0.15, 0.2) is 47.6 Å². The van der Waals surface area contributed by atoms with Gasteiger partial charge < -0.3 is 4.57 Å². The van der Waals surface area contributed by atoms with Crippen LogP contribution in [0.4, 0.5) is 18.0 Å². The highest BCUT2D eigenvalue weighted by Crippen LogP contribution is 2.34. The molecule has 0 bridgehead atoms. The van der Waals surface area contributed by atoms with Gasteiger partial charge in [0.1, 0.15) is 5.82 Å². The molecule has 0 aliphatic carbocycles. The third-order valence-corrected chi connectivity index (χ3v) is 6.18. The number of thioether (sulfide) groups is 1. The van der Waals surface area contributed by atoms with Crippen LogP contribution in [0.2, 0.25) is 0 Å². The minimum absolute atomic E-state index is 0.0290. The summed E-state index contributed by atoms with van der Waals surface area (Å²) in [5, 5.41) is 4.06. The molecule has 0 saturated heterocycles. The first-order valence-corrected chi connectivity index (χ1v) is 11.0. The number of hydrogen-bond acceptors (Lipinski definition) is 4. The molecule has 0 saturated carbocycles. The molecular weight excluding hydrogens is 425 g/mol. The summed E-state index contributed by atoms with van der Waals surface area (Å²) < 4.78 is 41.5. The maximum atomic E-state index is 13.2. The van der Waals surface area contributed by atoms with Crippen molar-refractivity contribution >= 4 is 33.7 Å². The molecule has 0 fully saturated rings. The Morgan fingerprint density at radius 2 is 2.00 bits per heavy atom. The number of fused-ring (bicyclic) bond motifs is 1. The minimum atomic E-state index is -4.41. The van der Waals surface area contributed by atoms with Crippen LogP contribution < -0.4 is 5.43 Å². The van der Waals surface area contributed by atoms with Crippen LogP contribution in [-0.4, -0.2) is 26.3 Å². The number of hydrogen-bond donors (Lipinski definition) is 1. The van der Waals surface area contributed by atoms with E-state index in [4.69, 9.17) is 4.98 Å². The van der Waals surface area contributed by atoms with E-state index < -0.39 is 11.7 Å². The first-order valence-electron chi connectivity index (χ1n) is 9.98. The second-order valence-corrected chi connectivity index (χ2v) is 8.21. The van der Waals surface area contributed by atoms with Crippen LogP contribution in [0.1, 0.15) is 37.3 Å². The van der Waals surface area contributed by atoms with Gasteiger partial charge in [0.2, 0.25) is 0 Å². The highest BCUT2D eigenvalue weighted by atomic mass is 32.2.